The molecule has 0 unspecified atom stereocenters. The number of fused-ring (bicyclic) bond motifs is 1. The molecule has 3 rings (SSSR count). The number of hydrogen-bond acceptors (Lipinski definition) is 4. The fourth-order valence-corrected chi connectivity index (χ4v) is 3.70. The monoisotopic (exact) mass is 377 g/mol. The minimum Gasteiger partial charge on any atom is -0.324 e. The Bertz CT molecular complexity index is 881. The van der Waals surface area contributed by atoms with Gasteiger partial charge in [0.1, 0.15) is 10.8 Å². The van der Waals surface area contributed by atoms with E-state index in [0.29, 0.717) is 5.69 Å². The fraction of sp³-hybridized carbons (Fsp3) is 0.222. The molecule has 0 aliphatic rings. The van der Waals surface area contributed by atoms with Crippen molar-refractivity contribution in [2.45, 2.75) is 13.0 Å². The van der Waals surface area contributed by atoms with Crippen molar-refractivity contribution in [2.75, 3.05) is 18.9 Å². The summed E-state index contributed by atoms with van der Waals surface area (Å²) in [6.45, 7) is 2.18. The van der Waals surface area contributed by atoms with Gasteiger partial charge in [0.2, 0.25) is 5.91 Å². The zero-order chi connectivity index (χ0) is 18.0. The molecule has 0 fully saturated rings. The molecule has 25 heavy (non-hydrogen) atoms. The largest absolute Gasteiger partial charge is 0.324 e. The van der Waals surface area contributed by atoms with Crippen LogP contribution in [0, 0.1) is 5.82 Å². The summed E-state index contributed by atoms with van der Waals surface area (Å²) in [5.74, 6) is -0.659. The predicted molar refractivity (Wildman–Crippen MR) is 101 cm³/mol. The van der Waals surface area contributed by atoms with Gasteiger partial charge in [-0.1, -0.05) is 23.7 Å². The zero-order valence-electron chi connectivity index (χ0n) is 13.8. The molecule has 0 aliphatic heterocycles. The number of thiazole rings is 1. The van der Waals surface area contributed by atoms with Crippen LogP contribution in [0.4, 0.5) is 10.1 Å². The number of anilines is 1. The summed E-state index contributed by atoms with van der Waals surface area (Å²) < 4.78 is 14.2. The lowest BCUT2D eigenvalue weighted by atomic mass is 10.3. The van der Waals surface area contributed by atoms with Crippen LogP contribution in [0.1, 0.15) is 18.0 Å². The van der Waals surface area contributed by atoms with Crippen LogP contribution in [0.2, 0.25) is 5.02 Å². The third-order valence-electron chi connectivity index (χ3n) is 3.93. The Balaban J connectivity index is 1.66. The van der Waals surface area contributed by atoms with Crippen molar-refractivity contribution in [3.8, 4) is 0 Å². The molecular weight excluding hydrogens is 361 g/mol. The van der Waals surface area contributed by atoms with E-state index in [4.69, 9.17) is 11.6 Å². The molecule has 2 aromatic carbocycles. The minimum absolute atomic E-state index is 0.00756. The van der Waals surface area contributed by atoms with Crippen LogP contribution in [0.5, 0.6) is 0 Å². The number of carbonyl (C=O) groups excluding carboxylic acids is 1. The highest BCUT2D eigenvalue weighted by Gasteiger charge is 2.19. The van der Waals surface area contributed by atoms with Crippen LogP contribution in [0.15, 0.2) is 42.5 Å². The molecule has 1 aromatic heterocycles. The number of halogens is 2. The van der Waals surface area contributed by atoms with Crippen LogP contribution < -0.4 is 5.32 Å². The minimum atomic E-state index is -0.440. The molecule has 4 nitrogen and oxygen atoms in total. The molecule has 0 radical (unpaired) electrons. The van der Waals surface area contributed by atoms with Crippen molar-refractivity contribution in [1.29, 1.82) is 0 Å². The second-order valence-electron chi connectivity index (χ2n) is 5.78. The normalized spacial score (nSPS) is 12.5. The van der Waals surface area contributed by atoms with Crippen molar-refractivity contribution in [2.24, 2.45) is 0 Å². The van der Waals surface area contributed by atoms with Crippen LogP contribution in [0.25, 0.3) is 10.2 Å². The Labute approximate surface area is 154 Å². The summed E-state index contributed by atoms with van der Waals surface area (Å²) in [5, 5.41) is 3.84. The maximum atomic E-state index is 13.1. The quantitative estimate of drug-likeness (QED) is 0.699. The smallest absolute Gasteiger partial charge is 0.238 e. The number of aromatic nitrogens is 1. The molecule has 1 heterocycles. The number of likely N-dealkylation sites (N-methyl/N-ethyl adjacent to an activating group) is 1. The van der Waals surface area contributed by atoms with Gasteiger partial charge in [0.25, 0.3) is 0 Å². The van der Waals surface area contributed by atoms with E-state index >= 15 is 0 Å². The summed E-state index contributed by atoms with van der Waals surface area (Å²) in [6, 6.07) is 11.8. The number of amides is 1. The standard InChI is InChI=1S/C18H17ClFN3OS/c1-11(18-22-15-5-3-4-6-16(15)25-18)23(2)10-17(24)21-14-8-7-12(20)9-13(14)19/h3-9,11H,10H2,1-2H3,(H,21,24)/t11-/m0/s1. The molecule has 0 bridgehead atoms. The second kappa shape index (κ2) is 7.47. The molecule has 0 aliphatic carbocycles. The van der Waals surface area contributed by atoms with Gasteiger partial charge in [-0.05, 0) is 44.3 Å². The third kappa shape index (κ3) is 4.15. The highest BCUT2D eigenvalue weighted by molar-refractivity contribution is 7.18. The van der Waals surface area contributed by atoms with Crippen molar-refractivity contribution >= 4 is 44.7 Å². The van der Waals surface area contributed by atoms with Gasteiger partial charge in [0, 0.05) is 0 Å². The molecule has 7 heteroatoms. The Kier molecular flexibility index (Phi) is 5.32. The maximum Gasteiger partial charge on any atom is 0.238 e. The average Bonchev–Trinajstić information content (AvgIpc) is 3.00. The molecule has 130 valence electrons. The summed E-state index contributed by atoms with van der Waals surface area (Å²) in [5.41, 5.74) is 1.36. The summed E-state index contributed by atoms with van der Waals surface area (Å²) in [6.07, 6.45) is 0. The lowest BCUT2D eigenvalue weighted by molar-refractivity contribution is -0.117. The number of carbonyl (C=O) groups is 1. The Morgan fingerprint density at radius 3 is 2.84 bits per heavy atom. The fourth-order valence-electron chi connectivity index (χ4n) is 2.40. The Hall–Kier alpha value is -2.02. The molecule has 0 saturated heterocycles. The molecule has 0 saturated carbocycles. The van der Waals surface area contributed by atoms with Crippen molar-refractivity contribution in [1.82, 2.24) is 9.88 Å². The lowest BCUT2D eigenvalue weighted by Crippen LogP contribution is -2.32. The van der Waals surface area contributed by atoms with E-state index in [9.17, 15) is 9.18 Å². The van der Waals surface area contributed by atoms with Gasteiger partial charge in [-0.25, -0.2) is 9.37 Å². The van der Waals surface area contributed by atoms with E-state index in [1.165, 1.54) is 18.2 Å². The molecule has 0 spiro atoms. The van der Waals surface area contributed by atoms with E-state index < -0.39 is 5.82 Å². The molecular formula is C18H17ClFN3OS. The van der Waals surface area contributed by atoms with Crippen molar-refractivity contribution in [3.05, 3.63) is 58.3 Å². The number of benzene rings is 2. The summed E-state index contributed by atoms with van der Waals surface area (Å²) >= 11 is 7.56. The van der Waals surface area contributed by atoms with Gasteiger partial charge in [-0.2, -0.15) is 0 Å². The van der Waals surface area contributed by atoms with E-state index in [-0.39, 0.29) is 23.5 Å². The van der Waals surface area contributed by atoms with E-state index in [1.807, 2.05) is 43.1 Å². The number of rotatable bonds is 5. The van der Waals surface area contributed by atoms with Crippen LogP contribution in [-0.2, 0) is 4.79 Å². The number of nitrogens with zero attached hydrogens (tertiary/aromatic N) is 2. The first-order valence-corrected chi connectivity index (χ1v) is 8.94. The van der Waals surface area contributed by atoms with E-state index in [0.717, 1.165) is 15.2 Å². The first-order valence-electron chi connectivity index (χ1n) is 7.74. The maximum absolute atomic E-state index is 13.1. The molecule has 3 aromatic rings. The third-order valence-corrected chi connectivity index (χ3v) is 5.45. The van der Waals surface area contributed by atoms with Gasteiger partial charge in [-0.15, -0.1) is 11.3 Å². The Morgan fingerprint density at radius 2 is 2.12 bits per heavy atom. The number of para-hydroxylation sites is 1. The second-order valence-corrected chi connectivity index (χ2v) is 7.25. The molecule has 1 N–H and O–H groups in total. The zero-order valence-corrected chi connectivity index (χ0v) is 15.4. The van der Waals surface area contributed by atoms with Crippen molar-refractivity contribution < 1.29 is 9.18 Å². The Morgan fingerprint density at radius 1 is 1.36 bits per heavy atom. The SMILES string of the molecule is C[C@@H](c1nc2ccccc2s1)N(C)CC(=O)Nc1ccc(F)cc1Cl. The molecule has 1 atom stereocenters. The van der Waals surface area contributed by atoms with E-state index in [1.54, 1.807) is 11.3 Å². The summed E-state index contributed by atoms with van der Waals surface area (Å²) in [7, 11) is 1.86. The van der Waals surface area contributed by atoms with Gasteiger partial charge in [0.05, 0.1) is 33.5 Å². The van der Waals surface area contributed by atoms with Crippen LogP contribution in [-0.4, -0.2) is 29.4 Å². The van der Waals surface area contributed by atoms with Gasteiger partial charge >= 0.3 is 0 Å². The van der Waals surface area contributed by atoms with E-state index in [2.05, 4.69) is 10.3 Å². The van der Waals surface area contributed by atoms with Gasteiger partial charge in [-0.3, -0.25) is 9.69 Å². The van der Waals surface area contributed by atoms with Gasteiger partial charge < -0.3 is 5.32 Å². The topological polar surface area (TPSA) is 45.2 Å². The lowest BCUT2D eigenvalue weighted by Gasteiger charge is -2.22. The number of nitrogens with one attached hydrogen (secondary N) is 1. The highest BCUT2D eigenvalue weighted by atomic mass is 35.5. The first-order chi connectivity index (χ1) is 11.9. The van der Waals surface area contributed by atoms with Crippen LogP contribution >= 0.6 is 22.9 Å². The van der Waals surface area contributed by atoms with Gasteiger partial charge in [0.15, 0.2) is 0 Å². The summed E-state index contributed by atoms with van der Waals surface area (Å²) in [4.78, 5) is 18.8. The number of hydrogen-bond donors (Lipinski definition) is 1. The molecule has 1 amide bonds. The predicted octanol–water partition coefficient (Wildman–Crippen LogP) is 4.72. The average molecular weight is 378 g/mol. The van der Waals surface area contributed by atoms with Crippen LogP contribution in [0.3, 0.4) is 0 Å². The highest BCUT2D eigenvalue weighted by Crippen LogP contribution is 2.29. The first kappa shape index (κ1) is 17.8. The van der Waals surface area contributed by atoms with Crippen molar-refractivity contribution in [3.63, 3.8) is 0 Å².